The maximum atomic E-state index is 9.89. The van der Waals surface area contributed by atoms with E-state index in [2.05, 4.69) is 4.74 Å². The van der Waals surface area contributed by atoms with E-state index in [-0.39, 0.29) is 18.9 Å². The fourth-order valence-electron chi connectivity index (χ4n) is 0.157. The first kappa shape index (κ1) is 12.6. The number of rotatable bonds is 2. The minimum absolute atomic E-state index is 0. The molecule has 0 aliphatic carbocycles. The van der Waals surface area contributed by atoms with Gasteiger partial charge in [-0.1, -0.05) is 0 Å². The summed E-state index contributed by atoms with van der Waals surface area (Å²) in [6.45, 7) is 1.05. The van der Waals surface area contributed by atoms with Gasteiger partial charge < -0.3 is 4.74 Å². The number of carbonyl (C=O) groups is 1. The van der Waals surface area contributed by atoms with Crippen molar-refractivity contribution in [1.82, 2.24) is 0 Å². The van der Waals surface area contributed by atoms with E-state index in [1.807, 2.05) is 0 Å². The molecule has 0 spiro atoms. The molecule has 0 fully saturated rings. The average molecular weight is 162 g/mol. The number of hydrogen-bond acceptors (Lipinski definition) is 4. The van der Waals surface area contributed by atoms with Gasteiger partial charge in [0.2, 0.25) is 5.94 Å². The second-order valence-electron chi connectivity index (χ2n) is 1.34. The first-order valence-corrected chi connectivity index (χ1v) is 3.61. The van der Waals surface area contributed by atoms with Gasteiger partial charge in [0.25, 0.3) is 0 Å². The quantitative estimate of drug-likeness (QED) is 0.311. The number of hydrogen-bond donors (Lipinski definition) is 1. The Morgan fingerprint density at radius 3 is 2.10 bits per heavy atom. The SMILES string of the molecule is CC(=O)OCS(=O)(=O)O.[LiH]. The van der Waals surface area contributed by atoms with Gasteiger partial charge in [0.15, 0.2) is 0 Å². The van der Waals surface area contributed by atoms with Gasteiger partial charge in [-0.05, 0) is 0 Å². The van der Waals surface area contributed by atoms with E-state index in [4.69, 9.17) is 4.55 Å². The fourth-order valence-corrected chi connectivity index (χ4v) is 0.472. The summed E-state index contributed by atoms with van der Waals surface area (Å²) in [6, 6.07) is 0. The van der Waals surface area contributed by atoms with Crippen LogP contribution in [-0.2, 0) is 19.6 Å². The zero-order chi connectivity index (χ0) is 7.49. The Kier molecular flexibility index (Phi) is 5.99. The molecule has 0 atom stereocenters. The van der Waals surface area contributed by atoms with Crippen LogP contribution in [0.1, 0.15) is 6.92 Å². The van der Waals surface area contributed by atoms with Crippen LogP contribution in [0.15, 0.2) is 0 Å². The topological polar surface area (TPSA) is 80.7 Å². The van der Waals surface area contributed by atoms with Gasteiger partial charge in [-0.3, -0.25) is 9.35 Å². The summed E-state index contributed by atoms with van der Waals surface area (Å²) < 4.78 is 31.5. The van der Waals surface area contributed by atoms with E-state index in [1.54, 1.807) is 0 Å². The molecular weight excluding hydrogens is 155 g/mol. The van der Waals surface area contributed by atoms with Gasteiger partial charge in [-0.15, -0.1) is 0 Å². The number of esters is 1. The van der Waals surface area contributed by atoms with Gasteiger partial charge >= 0.3 is 34.9 Å². The molecule has 0 aromatic rings. The fraction of sp³-hybridized carbons (Fsp3) is 0.667. The maximum absolute atomic E-state index is 9.89. The third-order valence-corrected chi connectivity index (χ3v) is 0.827. The molecule has 0 unspecified atom stereocenters. The summed E-state index contributed by atoms with van der Waals surface area (Å²) in [4.78, 5) is 9.89. The molecule has 0 heterocycles. The van der Waals surface area contributed by atoms with Crippen molar-refractivity contribution in [2.24, 2.45) is 0 Å². The summed E-state index contributed by atoms with van der Waals surface area (Å²) in [7, 11) is -4.16. The first-order valence-electron chi connectivity index (χ1n) is 2.00. The van der Waals surface area contributed by atoms with Crippen LogP contribution in [0.25, 0.3) is 0 Å². The van der Waals surface area contributed by atoms with Crippen molar-refractivity contribution in [3.8, 4) is 0 Å². The van der Waals surface area contributed by atoms with Crippen molar-refractivity contribution in [3.63, 3.8) is 0 Å². The summed E-state index contributed by atoms with van der Waals surface area (Å²) >= 11 is 0. The van der Waals surface area contributed by atoms with Crippen molar-refractivity contribution in [2.75, 3.05) is 5.94 Å². The van der Waals surface area contributed by atoms with Crippen molar-refractivity contribution in [3.05, 3.63) is 0 Å². The van der Waals surface area contributed by atoms with Crippen LogP contribution in [0, 0.1) is 0 Å². The number of carbonyl (C=O) groups excluding carboxylic acids is 1. The van der Waals surface area contributed by atoms with Crippen LogP contribution in [0.5, 0.6) is 0 Å². The molecule has 7 heteroatoms. The molecule has 0 aliphatic heterocycles. The molecule has 0 aromatic heterocycles. The van der Waals surface area contributed by atoms with Crippen LogP contribution < -0.4 is 0 Å². The molecule has 56 valence electrons. The molecule has 0 bridgehead atoms. The normalized spacial score (nSPS) is 9.80. The van der Waals surface area contributed by atoms with Crippen LogP contribution in [0.2, 0.25) is 0 Å². The Morgan fingerprint density at radius 1 is 1.60 bits per heavy atom. The van der Waals surface area contributed by atoms with Gasteiger partial charge in [0, 0.05) is 6.92 Å². The molecule has 5 nitrogen and oxygen atoms in total. The molecule has 0 amide bonds. The first-order chi connectivity index (χ1) is 3.92. The van der Waals surface area contributed by atoms with E-state index >= 15 is 0 Å². The Morgan fingerprint density at radius 2 is 2.00 bits per heavy atom. The van der Waals surface area contributed by atoms with Crippen molar-refractivity contribution < 1.29 is 22.5 Å². The van der Waals surface area contributed by atoms with Crippen LogP contribution >= 0.6 is 0 Å². The molecule has 0 aromatic carbocycles. The van der Waals surface area contributed by atoms with E-state index in [0.29, 0.717) is 0 Å². The van der Waals surface area contributed by atoms with Gasteiger partial charge in [-0.25, -0.2) is 0 Å². The zero-order valence-electron chi connectivity index (χ0n) is 4.70. The average Bonchev–Trinajstić information content (AvgIpc) is 1.59. The van der Waals surface area contributed by atoms with E-state index in [9.17, 15) is 13.2 Å². The van der Waals surface area contributed by atoms with Crippen LogP contribution in [0.4, 0.5) is 0 Å². The van der Waals surface area contributed by atoms with Gasteiger partial charge in [-0.2, -0.15) is 8.42 Å². The van der Waals surface area contributed by atoms with Crippen molar-refractivity contribution in [2.45, 2.75) is 6.92 Å². The Labute approximate surface area is 70.7 Å². The van der Waals surface area contributed by atoms with Gasteiger partial charge in [0.1, 0.15) is 0 Å². The molecule has 0 aliphatic rings. The van der Waals surface area contributed by atoms with E-state index in [0.717, 1.165) is 6.92 Å². The second-order valence-corrected chi connectivity index (χ2v) is 2.74. The number of ether oxygens (including phenoxy) is 1. The Hall–Kier alpha value is -0.0226. The molecule has 0 saturated carbocycles. The molecule has 0 radical (unpaired) electrons. The summed E-state index contributed by atoms with van der Waals surface area (Å²) in [6.07, 6.45) is 0. The summed E-state index contributed by atoms with van der Waals surface area (Å²) in [5.41, 5.74) is 0. The third kappa shape index (κ3) is 10.9. The Balaban J connectivity index is 0. The summed E-state index contributed by atoms with van der Waals surface area (Å²) in [5.74, 6) is -1.71. The predicted molar refractivity (Wildman–Crippen MR) is 35.3 cm³/mol. The van der Waals surface area contributed by atoms with Crippen LogP contribution in [0.3, 0.4) is 0 Å². The minimum atomic E-state index is -4.16. The van der Waals surface area contributed by atoms with Gasteiger partial charge in [0.05, 0.1) is 0 Å². The molecule has 0 rings (SSSR count). The zero-order valence-corrected chi connectivity index (χ0v) is 5.51. The molecule has 0 saturated heterocycles. The molecular formula is C3H7LiO5S. The predicted octanol–water partition coefficient (Wildman–Crippen LogP) is -1.25. The van der Waals surface area contributed by atoms with E-state index in [1.165, 1.54) is 0 Å². The standard InChI is InChI=1S/C3H6O5S.Li.H/c1-3(4)8-2-9(5,6)7;;/h2H2,1H3,(H,5,6,7);;. The molecule has 1 N–H and O–H groups in total. The Bertz CT molecular complexity index is 195. The van der Waals surface area contributed by atoms with Crippen molar-refractivity contribution >= 4 is 34.9 Å². The molecule has 10 heavy (non-hydrogen) atoms. The summed E-state index contributed by atoms with van der Waals surface area (Å²) in [5, 5.41) is 0. The van der Waals surface area contributed by atoms with Crippen LogP contribution in [-0.4, -0.2) is 43.7 Å². The monoisotopic (exact) mass is 162 g/mol. The van der Waals surface area contributed by atoms with E-state index < -0.39 is 22.0 Å². The second kappa shape index (κ2) is 4.74. The van der Waals surface area contributed by atoms with Crippen molar-refractivity contribution in [1.29, 1.82) is 0 Å². The third-order valence-electron chi connectivity index (χ3n) is 0.411.